The highest BCUT2D eigenvalue weighted by Gasteiger charge is 2.52. The molecule has 0 unspecified atom stereocenters. The maximum absolute atomic E-state index is 6.34. The summed E-state index contributed by atoms with van der Waals surface area (Å²) in [6, 6.07) is 17.5. The van der Waals surface area contributed by atoms with Crippen LogP contribution in [0.5, 0.6) is 0 Å². The minimum Gasteiger partial charge on any atom is -0.399 e. The molecule has 0 atom stereocenters. The molecule has 5 rings (SSSR count). The minimum absolute atomic E-state index is 0.00788. The van der Waals surface area contributed by atoms with Gasteiger partial charge in [0.1, 0.15) is 0 Å². The average molecular weight is 397 g/mol. The van der Waals surface area contributed by atoms with Gasteiger partial charge in [0.25, 0.3) is 0 Å². The number of benzene rings is 2. The summed E-state index contributed by atoms with van der Waals surface area (Å²) >= 11 is 0. The zero-order valence-electron chi connectivity index (χ0n) is 18.6. The smallest absolute Gasteiger partial charge is 0.399 e. The molecule has 0 saturated carbocycles. The summed E-state index contributed by atoms with van der Waals surface area (Å²) < 4.78 is 12.7. The van der Waals surface area contributed by atoms with Crippen molar-refractivity contribution in [3.05, 3.63) is 72.1 Å². The first-order chi connectivity index (χ1) is 14.1. The summed E-state index contributed by atoms with van der Waals surface area (Å²) in [5.74, 6) is 0. The lowest BCUT2D eigenvalue weighted by Gasteiger charge is -2.32. The lowest BCUT2D eigenvalue weighted by molar-refractivity contribution is 0.00578. The van der Waals surface area contributed by atoms with Gasteiger partial charge in [-0.15, -0.1) is 0 Å². The van der Waals surface area contributed by atoms with E-state index in [1.165, 1.54) is 22.3 Å². The Morgan fingerprint density at radius 3 is 2.13 bits per heavy atom. The van der Waals surface area contributed by atoms with E-state index in [0.717, 1.165) is 16.6 Å². The zero-order valence-corrected chi connectivity index (χ0v) is 18.6. The fourth-order valence-electron chi connectivity index (χ4n) is 4.71. The fraction of sp³-hybridized carbons (Fsp3) is 0.346. The van der Waals surface area contributed by atoms with Gasteiger partial charge in [-0.2, -0.15) is 0 Å². The predicted octanol–water partition coefficient (Wildman–Crippen LogP) is 5.35. The first-order valence-electron chi connectivity index (χ1n) is 10.7. The molecule has 1 aliphatic carbocycles. The Labute approximate surface area is 179 Å². The number of nitrogens with zero attached hydrogens (tertiary/aromatic N) is 1. The van der Waals surface area contributed by atoms with Crippen molar-refractivity contribution < 1.29 is 9.31 Å². The lowest BCUT2D eigenvalue weighted by Crippen LogP contribution is -2.41. The van der Waals surface area contributed by atoms with Crippen molar-refractivity contribution in [2.45, 2.75) is 58.2 Å². The number of hydrogen-bond acceptors (Lipinski definition) is 3. The highest BCUT2D eigenvalue weighted by Crippen LogP contribution is 2.49. The van der Waals surface area contributed by atoms with Crippen molar-refractivity contribution in [2.75, 3.05) is 0 Å². The van der Waals surface area contributed by atoms with E-state index in [9.17, 15) is 0 Å². The zero-order chi connectivity index (χ0) is 21.3. The monoisotopic (exact) mass is 397 g/mol. The van der Waals surface area contributed by atoms with Crippen molar-refractivity contribution in [1.82, 2.24) is 4.98 Å². The number of hydrogen-bond donors (Lipinski definition) is 0. The van der Waals surface area contributed by atoms with Crippen molar-refractivity contribution in [1.29, 1.82) is 0 Å². The molecule has 3 nitrogen and oxygen atoms in total. The molecule has 30 heavy (non-hydrogen) atoms. The molecule has 0 spiro atoms. The second kappa shape index (κ2) is 6.29. The Hall–Kier alpha value is -2.43. The van der Waals surface area contributed by atoms with Gasteiger partial charge >= 0.3 is 7.12 Å². The summed E-state index contributed by atoms with van der Waals surface area (Å²) in [4.78, 5) is 4.42. The molecule has 2 heterocycles. The molecular weight excluding hydrogens is 369 g/mol. The number of fused-ring (bicyclic) bond motifs is 3. The van der Waals surface area contributed by atoms with Crippen LogP contribution in [-0.2, 0) is 14.7 Å². The first kappa shape index (κ1) is 19.5. The topological polar surface area (TPSA) is 31.4 Å². The molecule has 152 valence electrons. The van der Waals surface area contributed by atoms with Crippen molar-refractivity contribution in [2.24, 2.45) is 0 Å². The van der Waals surface area contributed by atoms with Crippen LogP contribution in [0.1, 0.15) is 52.7 Å². The van der Waals surface area contributed by atoms with E-state index < -0.39 is 7.12 Å². The average Bonchev–Trinajstić information content (AvgIpc) is 3.08. The van der Waals surface area contributed by atoms with E-state index in [-0.39, 0.29) is 16.6 Å². The Morgan fingerprint density at radius 2 is 1.40 bits per heavy atom. The van der Waals surface area contributed by atoms with Gasteiger partial charge in [-0.1, -0.05) is 50.2 Å². The molecule has 0 N–H and O–H groups in total. The fourth-order valence-corrected chi connectivity index (χ4v) is 4.71. The second-order valence-electron chi connectivity index (χ2n) is 9.98. The Morgan fingerprint density at radius 1 is 0.733 bits per heavy atom. The van der Waals surface area contributed by atoms with Crippen LogP contribution in [0.25, 0.3) is 22.3 Å². The molecule has 0 bridgehead atoms. The molecule has 1 aromatic heterocycles. The number of pyridine rings is 1. The van der Waals surface area contributed by atoms with Crippen molar-refractivity contribution >= 4 is 12.6 Å². The lowest BCUT2D eigenvalue weighted by atomic mass is 9.75. The summed E-state index contributed by atoms with van der Waals surface area (Å²) in [5.41, 5.74) is 7.85. The summed E-state index contributed by atoms with van der Waals surface area (Å²) in [6.45, 7) is 12.9. The Balaban J connectivity index is 1.62. The summed E-state index contributed by atoms with van der Waals surface area (Å²) in [5, 5.41) is 0. The van der Waals surface area contributed by atoms with Crippen LogP contribution in [0.15, 0.2) is 60.9 Å². The first-order valence-corrected chi connectivity index (χ1v) is 10.7. The van der Waals surface area contributed by atoms with E-state index in [2.05, 4.69) is 89.0 Å². The predicted molar refractivity (Wildman–Crippen MR) is 123 cm³/mol. The molecule has 4 heteroatoms. The van der Waals surface area contributed by atoms with E-state index in [0.29, 0.717) is 0 Å². The van der Waals surface area contributed by atoms with Crippen LogP contribution >= 0.6 is 0 Å². The Bertz CT molecular complexity index is 1130. The van der Waals surface area contributed by atoms with E-state index in [4.69, 9.17) is 9.31 Å². The normalized spacial score (nSPS) is 20.1. The summed E-state index contributed by atoms with van der Waals surface area (Å²) in [7, 11) is -0.412. The molecule has 0 radical (unpaired) electrons. The molecular formula is C26H28BNO2. The van der Waals surface area contributed by atoms with Crippen molar-refractivity contribution in [3.8, 4) is 22.3 Å². The van der Waals surface area contributed by atoms with Gasteiger partial charge < -0.3 is 9.31 Å². The van der Waals surface area contributed by atoms with Crippen LogP contribution in [0.3, 0.4) is 0 Å². The minimum atomic E-state index is -0.412. The maximum atomic E-state index is 6.34. The molecule has 3 aromatic rings. The molecule has 2 aromatic carbocycles. The largest absolute Gasteiger partial charge is 0.495 e. The van der Waals surface area contributed by atoms with Gasteiger partial charge in [0.15, 0.2) is 0 Å². The third kappa shape index (κ3) is 2.70. The van der Waals surface area contributed by atoms with Crippen molar-refractivity contribution in [3.63, 3.8) is 0 Å². The standard InChI is InChI=1S/C26H28BNO2/c1-24(2)21-10-8-7-9-18(21)19-15-17(11-12-22(19)24)20-16-28-14-13-23(20)27-29-25(3,4)26(5,6)30-27/h7-16H,1-6H3. The van der Waals surface area contributed by atoms with Gasteiger partial charge in [0.2, 0.25) is 0 Å². The van der Waals surface area contributed by atoms with Crippen LogP contribution in [0.2, 0.25) is 0 Å². The van der Waals surface area contributed by atoms with Gasteiger partial charge in [-0.3, -0.25) is 4.98 Å². The molecule has 2 aliphatic rings. The van der Waals surface area contributed by atoms with Crippen LogP contribution in [-0.4, -0.2) is 23.3 Å². The maximum Gasteiger partial charge on any atom is 0.495 e. The van der Waals surface area contributed by atoms with Gasteiger partial charge in [0.05, 0.1) is 11.2 Å². The molecule has 1 aliphatic heterocycles. The third-order valence-corrected chi connectivity index (χ3v) is 7.26. The highest BCUT2D eigenvalue weighted by atomic mass is 16.7. The molecule has 1 fully saturated rings. The Kier molecular flexibility index (Phi) is 4.09. The van der Waals surface area contributed by atoms with Gasteiger partial charge in [-0.25, -0.2) is 0 Å². The number of rotatable bonds is 2. The van der Waals surface area contributed by atoms with Crippen LogP contribution in [0.4, 0.5) is 0 Å². The molecule has 0 amide bonds. The quantitative estimate of drug-likeness (QED) is 0.546. The SMILES string of the molecule is CC1(C)c2ccccc2-c2cc(-c3cnccc3B3OC(C)(C)C(C)(C)O3)ccc21. The number of aromatic nitrogens is 1. The van der Waals surface area contributed by atoms with Crippen LogP contribution in [0, 0.1) is 0 Å². The summed E-state index contributed by atoms with van der Waals surface area (Å²) in [6.07, 6.45) is 3.74. The van der Waals surface area contributed by atoms with Gasteiger partial charge in [-0.05, 0) is 78.7 Å². The van der Waals surface area contributed by atoms with E-state index >= 15 is 0 Å². The second-order valence-corrected chi connectivity index (χ2v) is 9.98. The molecule has 1 saturated heterocycles. The van der Waals surface area contributed by atoms with Crippen LogP contribution < -0.4 is 5.46 Å². The van der Waals surface area contributed by atoms with E-state index in [1.807, 2.05) is 18.5 Å². The van der Waals surface area contributed by atoms with Gasteiger partial charge in [0, 0.05) is 17.8 Å². The highest BCUT2D eigenvalue weighted by molar-refractivity contribution is 6.63. The third-order valence-electron chi connectivity index (χ3n) is 7.26. The van der Waals surface area contributed by atoms with E-state index in [1.54, 1.807) is 0 Å².